The first-order valence-corrected chi connectivity index (χ1v) is 5.99. The van der Waals surface area contributed by atoms with Gasteiger partial charge in [-0.05, 0) is 18.6 Å². The van der Waals surface area contributed by atoms with Crippen molar-refractivity contribution in [3.8, 4) is 0 Å². The SMILES string of the molecule is O=C1CCC(CNC(=O)c2ccc([N+](=O)[O-])c(F)c2)N1. The minimum atomic E-state index is -1.06. The predicted molar refractivity (Wildman–Crippen MR) is 66.6 cm³/mol. The maximum absolute atomic E-state index is 13.4. The number of carbonyl (C=O) groups excluding carboxylic acids is 2. The number of nitrogens with zero attached hydrogens (tertiary/aromatic N) is 1. The summed E-state index contributed by atoms with van der Waals surface area (Å²) in [6, 6.07) is 2.82. The lowest BCUT2D eigenvalue weighted by molar-refractivity contribution is -0.387. The third-order valence-electron chi connectivity index (χ3n) is 3.00. The topological polar surface area (TPSA) is 101 Å². The van der Waals surface area contributed by atoms with Crippen LogP contribution in [0.2, 0.25) is 0 Å². The van der Waals surface area contributed by atoms with Gasteiger partial charge in [0.25, 0.3) is 5.91 Å². The van der Waals surface area contributed by atoms with Crippen molar-refractivity contribution in [2.24, 2.45) is 0 Å². The fourth-order valence-electron chi connectivity index (χ4n) is 1.94. The zero-order chi connectivity index (χ0) is 14.7. The molecular formula is C12H12FN3O4. The van der Waals surface area contributed by atoms with Crippen LogP contribution in [0.1, 0.15) is 23.2 Å². The van der Waals surface area contributed by atoms with Gasteiger partial charge in [-0.3, -0.25) is 19.7 Å². The highest BCUT2D eigenvalue weighted by molar-refractivity contribution is 5.94. The number of hydrogen-bond acceptors (Lipinski definition) is 4. The summed E-state index contributed by atoms with van der Waals surface area (Å²) in [6.07, 6.45) is 1.06. The maximum Gasteiger partial charge on any atom is 0.304 e. The van der Waals surface area contributed by atoms with Crippen LogP contribution in [0.3, 0.4) is 0 Å². The predicted octanol–water partition coefficient (Wildman–Crippen LogP) is 0.742. The molecule has 0 aromatic heterocycles. The Hall–Kier alpha value is -2.51. The van der Waals surface area contributed by atoms with E-state index in [1.165, 1.54) is 6.07 Å². The van der Waals surface area contributed by atoms with E-state index in [4.69, 9.17) is 0 Å². The molecule has 0 spiro atoms. The molecular weight excluding hydrogens is 269 g/mol. The van der Waals surface area contributed by atoms with Crippen molar-refractivity contribution in [1.82, 2.24) is 10.6 Å². The Kier molecular flexibility index (Phi) is 3.92. The van der Waals surface area contributed by atoms with Crippen molar-refractivity contribution in [3.63, 3.8) is 0 Å². The van der Waals surface area contributed by atoms with Crippen LogP contribution in [0.25, 0.3) is 0 Å². The smallest absolute Gasteiger partial charge is 0.304 e. The molecule has 7 nitrogen and oxygen atoms in total. The number of carbonyl (C=O) groups is 2. The molecule has 1 atom stereocenters. The van der Waals surface area contributed by atoms with Crippen molar-refractivity contribution in [1.29, 1.82) is 0 Å². The van der Waals surface area contributed by atoms with E-state index in [0.29, 0.717) is 12.8 Å². The second-order valence-corrected chi connectivity index (χ2v) is 4.44. The molecule has 1 aromatic carbocycles. The van der Waals surface area contributed by atoms with E-state index < -0.39 is 22.3 Å². The van der Waals surface area contributed by atoms with E-state index in [1.54, 1.807) is 0 Å². The van der Waals surface area contributed by atoms with Crippen LogP contribution in [0.4, 0.5) is 10.1 Å². The summed E-state index contributed by atoms with van der Waals surface area (Å²) in [4.78, 5) is 32.3. The van der Waals surface area contributed by atoms with E-state index in [-0.39, 0.29) is 24.1 Å². The van der Waals surface area contributed by atoms with Crippen molar-refractivity contribution in [3.05, 3.63) is 39.7 Å². The molecule has 0 aliphatic carbocycles. The average Bonchev–Trinajstić information content (AvgIpc) is 2.81. The van der Waals surface area contributed by atoms with Gasteiger partial charge in [-0.25, -0.2) is 0 Å². The summed E-state index contributed by atoms with van der Waals surface area (Å²) in [6.45, 7) is 0.239. The van der Waals surface area contributed by atoms with Crippen LogP contribution >= 0.6 is 0 Å². The summed E-state index contributed by atoms with van der Waals surface area (Å²) < 4.78 is 13.4. The van der Waals surface area contributed by atoms with Crippen LogP contribution in [0.5, 0.6) is 0 Å². The summed E-state index contributed by atoms with van der Waals surface area (Å²) in [5, 5.41) is 15.7. The van der Waals surface area contributed by atoms with Crippen molar-refractivity contribution >= 4 is 17.5 Å². The monoisotopic (exact) mass is 281 g/mol. The number of nitro benzene ring substituents is 1. The van der Waals surface area contributed by atoms with E-state index in [9.17, 15) is 24.1 Å². The summed E-state index contributed by atoms with van der Waals surface area (Å²) in [7, 11) is 0. The maximum atomic E-state index is 13.4. The Morgan fingerprint density at radius 3 is 2.85 bits per heavy atom. The molecule has 2 amide bonds. The molecule has 1 heterocycles. The van der Waals surface area contributed by atoms with Gasteiger partial charge in [-0.15, -0.1) is 0 Å². The first-order valence-electron chi connectivity index (χ1n) is 5.99. The number of halogens is 1. The number of amides is 2. The Morgan fingerprint density at radius 1 is 1.55 bits per heavy atom. The molecule has 0 saturated carbocycles. The lowest BCUT2D eigenvalue weighted by atomic mass is 10.1. The highest BCUT2D eigenvalue weighted by Crippen LogP contribution is 2.18. The molecule has 0 radical (unpaired) electrons. The van der Waals surface area contributed by atoms with Gasteiger partial charge in [0.15, 0.2) is 0 Å². The number of hydrogen-bond donors (Lipinski definition) is 2. The zero-order valence-electron chi connectivity index (χ0n) is 10.4. The van der Waals surface area contributed by atoms with Crippen LogP contribution in [0, 0.1) is 15.9 Å². The van der Waals surface area contributed by atoms with Gasteiger partial charge in [0.05, 0.1) is 4.92 Å². The van der Waals surface area contributed by atoms with E-state index >= 15 is 0 Å². The minimum Gasteiger partial charge on any atom is -0.352 e. The zero-order valence-corrected chi connectivity index (χ0v) is 10.4. The van der Waals surface area contributed by atoms with Crippen molar-refractivity contribution < 1.29 is 18.9 Å². The van der Waals surface area contributed by atoms with E-state index in [0.717, 1.165) is 12.1 Å². The number of rotatable bonds is 4. The van der Waals surface area contributed by atoms with Gasteiger partial charge in [0.2, 0.25) is 11.7 Å². The molecule has 1 unspecified atom stereocenters. The highest BCUT2D eigenvalue weighted by atomic mass is 19.1. The van der Waals surface area contributed by atoms with Crippen molar-refractivity contribution in [2.45, 2.75) is 18.9 Å². The van der Waals surface area contributed by atoms with Crippen LogP contribution < -0.4 is 10.6 Å². The molecule has 106 valence electrons. The van der Waals surface area contributed by atoms with Gasteiger partial charge in [0.1, 0.15) is 0 Å². The second kappa shape index (κ2) is 5.64. The van der Waals surface area contributed by atoms with Gasteiger partial charge in [-0.1, -0.05) is 0 Å². The Morgan fingerprint density at radius 2 is 2.30 bits per heavy atom. The quantitative estimate of drug-likeness (QED) is 0.627. The lowest BCUT2D eigenvalue weighted by Crippen LogP contribution is -2.38. The fourth-order valence-corrected chi connectivity index (χ4v) is 1.94. The molecule has 1 aliphatic rings. The lowest BCUT2D eigenvalue weighted by Gasteiger charge is -2.11. The van der Waals surface area contributed by atoms with Crippen LogP contribution in [0.15, 0.2) is 18.2 Å². The number of nitro groups is 1. The molecule has 20 heavy (non-hydrogen) atoms. The molecule has 8 heteroatoms. The van der Waals surface area contributed by atoms with Gasteiger partial charge < -0.3 is 10.6 Å². The molecule has 1 aromatic rings. The summed E-state index contributed by atoms with van der Waals surface area (Å²) >= 11 is 0. The van der Waals surface area contributed by atoms with Crippen molar-refractivity contribution in [2.75, 3.05) is 6.54 Å². The van der Waals surface area contributed by atoms with Crippen LogP contribution in [-0.2, 0) is 4.79 Å². The third kappa shape index (κ3) is 3.08. The Bertz CT molecular complexity index is 576. The largest absolute Gasteiger partial charge is 0.352 e. The normalized spacial score (nSPS) is 17.6. The first-order chi connectivity index (χ1) is 9.47. The van der Waals surface area contributed by atoms with Gasteiger partial charge >= 0.3 is 5.69 Å². The summed E-state index contributed by atoms with van der Waals surface area (Å²) in [5.74, 6) is -1.66. The highest BCUT2D eigenvalue weighted by Gasteiger charge is 2.22. The average molecular weight is 281 g/mol. The standard InChI is InChI=1S/C12H12FN3O4/c13-9-5-7(1-3-10(9)16(19)20)12(18)14-6-8-2-4-11(17)15-8/h1,3,5,8H,2,4,6H2,(H,14,18)(H,15,17). The first kappa shape index (κ1) is 13.9. The second-order valence-electron chi connectivity index (χ2n) is 4.44. The Labute approximate surface area is 113 Å². The Balaban J connectivity index is 1.97. The number of benzene rings is 1. The molecule has 1 fully saturated rings. The van der Waals surface area contributed by atoms with Gasteiger partial charge in [-0.2, -0.15) is 4.39 Å². The van der Waals surface area contributed by atoms with Crippen LogP contribution in [-0.4, -0.2) is 29.3 Å². The molecule has 1 aliphatic heterocycles. The molecule has 2 N–H and O–H groups in total. The van der Waals surface area contributed by atoms with E-state index in [1.807, 2.05) is 0 Å². The van der Waals surface area contributed by atoms with E-state index in [2.05, 4.69) is 10.6 Å². The fraction of sp³-hybridized carbons (Fsp3) is 0.333. The van der Waals surface area contributed by atoms with Gasteiger partial charge in [0, 0.05) is 30.6 Å². The summed E-state index contributed by atoms with van der Waals surface area (Å²) in [5.41, 5.74) is -0.679. The minimum absolute atomic E-state index is 0.00239. The molecule has 2 rings (SSSR count). The number of nitrogens with one attached hydrogen (secondary N) is 2. The molecule has 1 saturated heterocycles. The molecule has 0 bridgehead atoms. The third-order valence-corrected chi connectivity index (χ3v) is 3.00.